The summed E-state index contributed by atoms with van der Waals surface area (Å²) in [6.45, 7) is 0.262. The Bertz CT molecular complexity index is 784. The van der Waals surface area contributed by atoms with Gasteiger partial charge in [-0.05, 0) is 48.5 Å². The van der Waals surface area contributed by atoms with Crippen LogP contribution >= 0.6 is 0 Å². The van der Waals surface area contributed by atoms with Crippen LogP contribution in [0, 0.1) is 0 Å². The van der Waals surface area contributed by atoms with E-state index in [1.54, 1.807) is 12.1 Å². The van der Waals surface area contributed by atoms with Gasteiger partial charge in [0.2, 0.25) is 10.0 Å². The first kappa shape index (κ1) is 17.9. The summed E-state index contributed by atoms with van der Waals surface area (Å²) in [6.07, 6.45) is 0. The highest BCUT2D eigenvalue weighted by Crippen LogP contribution is 2.22. The molecule has 0 aliphatic carbocycles. The second-order valence-corrected chi connectivity index (χ2v) is 7.19. The van der Waals surface area contributed by atoms with E-state index in [4.69, 9.17) is 5.14 Å². The fourth-order valence-electron chi connectivity index (χ4n) is 1.92. The van der Waals surface area contributed by atoms with Crippen molar-refractivity contribution < 1.29 is 8.42 Å². The molecule has 0 aliphatic heterocycles. The lowest BCUT2D eigenvalue weighted by Crippen LogP contribution is -2.22. The van der Waals surface area contributed by atoms with E-state index < -0.39 is 10.0 Å². The summed E-state index contributed by atoms with van der Waals surface area (Å²) in [5.41, 5.74) is 3.39. The van der Waals surface area contributed by atoms with Crippen LogP contribution in [0.4, 0.5) is 22.7 Å². The maximum atomic E-state index is 10.9. The molecule has 2 aromatic rings. The van der Waals surface area contributed by atoms with Gasteiger partial charge >= 0.3 is 0 Å². The van der Waals surface area contributed by atoms with E-state index in [0.29, 0.717) is 5.69 Å². The fourth-order valence-corrected chi connectivity index (χ4v) is 2.30. The zero-order valence-electron chi connectivity index (χ0n) is 13.7. The van der Waals surface area contributed by atoms with E-state index in [2.05, 4.69) is 15.5 Å². The molecule has 7 nitrogen and oxygen atoms in total. The van der Waals surface area contributed by atoms with Crippen LogP contribution in [0.25, 0.3) is 0 Å². The molecule has 0 heterocycles. The molecule has 0 aromatic heterocycles. The number of hydrogen-bond acceptors (Lipinski definition) is 6. The van der Waals surface area contributed by atoms with E-state index in [1.165, 1.54) is 0 Å². The van der Waals surface area contributed by atoms with Crippen LogP contribution < -0.4 is 15.4 Å². The van der Waals surface area contributed by atoms with Crippen molar-refractivity contribution in [2.24, 2.45) is 15.4 Å². The third kappa shape index (κ3) is 5.98. The maximum Gasteiger partial charge on any atom is 0.210 e. The molecule has 0 spiro atoms. The van der Waals surface area contributed by atoms with Crippen molar-refractivity contribution in [1.29, 1.82) is 0 Å². The molecule has 24 heavy (non-hydrogen) atoms. The molecule has 0 fully saturated rings. The SMILES string of the molecule is CN(C)c1ccc(/N=N/c2ccc(NCCS(N)(=O)=O)cc2)cc1. The lowest BCUT2D eigenvalue weighted by molar-refractivity contribution is 0.598. The van der Waals surface area contributed by atoms with Crippen molar-refractivity contribution in [2.45, 2.75) is 0 Å². The molecule has 128 valence electrons. The Labute approximate surface area is 142 Å². The molecular weight excluding hydrogens is 326 g/mol. The van der Waals surface area contributed by atoms with Gasteiger partial charge in [-0.25, -0.2) is 13.6 Å². The molecule has 3 N–H and O–H groups in total. The Hall–Kier alpha value is -2.45. The molecule has 0 aliphatic rings. The molecule has 2 rings (SSSR count). The van der Waals surface area contributed by atoms with Gasteiger partial charge in [-0.1, -0.05) is 0 Å². The van der Waals surface area contributed by atoms with Crippen LogP contribution in [0.3, 0.4) is 0 Å². The number of anilines is 2. The van der Waals surface area contributed by atoms with Crippen LogP contribution in [0.2, 0.25) is 0 Å². The van der Waals surface area contributed by atoms with Crippen LogP contribution in [0.15, 0.2) is 58.8 Å². The standard InChI is InChI=1S/C16H21N5O2S/c1-21(2)16-9-7-15(8-10-16)20-19-14-5-3-13(4-6-14)18-11-12-24(17,22)23/h3-10,18H,11-12H2,1-2H3,(H2,17,22,23)/b20-19+. The lowest BCUT2D eigenvalue weighted by Gasteiger charge is -2.11. The number of sulfonamides is 1. The van der Waals surface area contributed by atoms with E-state index in [1.807, 2.05) is 55.4 Å². The third-order valence-electron chi connectivity index (χ3n) is 3.23. The summed E-state index contributed by atoms with van der Waals surface area (Å²) >= 11 is 0. The summed E-state index contributed by atoms with van der Waals surface area (Å²) in [5, 5.41) is 16.3. The predicted molar refractivity (Wildman–Crippen MR) is 97.9 cm³/mol. The molecule has 0 radical (unpaired) electrons. The minimum Gasteiger partial charge on any atom is -0.384 e. The zero-order valence-corrected chi connectivity index (χ0v) is 14.5. The largest absolute Gasteiger partial charge is 0.384 e. The molecule has 0 saturated heterocycles. The van der Waals surface area contributed by atoms with Gasteiger partial charge in [0, 0.05) is 32.0 Å². The fraction of sp³-hybridized carbons (Fsp3) is 0.250. The molecule has 0 atom stereocenters. The Balaban J connectivity index is 1.93. The van der Waals surface area contributed by atoms with E-state index in [0.717, 1.165) is 17.1 Å². The van der Waals surface area contributed by atoms with Crippen molar-refractivity contribution in [3.05, 3.63) is 48.5 Å². The van der Waals surface area contributed by atoms with E-state index in [-0.39, 0.29) is 12.3 Å². The lowest BCUT2D eigenvalue weighted by atomic mass is 10.3. The van der Waals surface area contributed by atoms with Gasteiger partial charge in [0.1, 0.15) is 0 Å². The first-order chi connectivity index (χ1) is 11.3. The number of rotatable bonds is 7. The quantitative estimate of drug-likeness (QED) is 0.752. The zero-order chi connectivity index (χ0) is 17.6. The van der Waals surface area contributed by atoms with Gasteiger partial charge < -0.3 is 10.2 Å². The van der Waals surface area contributed by atoms with Crippen LogP contribution in [-0.4, -0.2) is 34.8 Å². The Kier molecular flexibility index (Phi) is 5.88. The number of nitrogens with two attached hydrogens (primary N) is 1. The van der Waals surface area contributed by atoms with Crippen molar-refractivity contribution in [2.75, 3.05) is 36.6 Å². The molecule has 2 aromatic carbocycles. The van der Waals surface area contributed by atoms with E-state index >= 15 is 0 Å². The maximum absolute atomic E-state index is 10.9. The average molecular weight is 347 g/mol. The normalized spacial score (nSPS) is 11.6. The van der Waals surface area contributed by atoms with Crippen LogP contribution in [0.5, 0.6) is 0 Å². The van der Waals surface area contributed by atoms with E-state index in [9.17, 15) is 8.42 Å². The Morgan fingerprint density at radius 3 is 1.92 bits per heavy atom. The number of nitrogens with zero attached hydrogens (tertiary/aromatic N) is 3. The second kappa shape index (κ2) is 7.89. The summed E-state index contributed by atoms with van der Waals surface area (Å²) in [7, 11) is 0.513. The molecule has 0 amide bonds. The first-order valence-electron chi connectivity index (χ1n) is 7.37. The van der Waals surface area contributed by atoms with Crippen molar-refractivity contribution in [1.82, 2.24) is 0 Å². The van der Waals surface area contributed by atoms with Gasteiger partial charge in [0.15, 0.2) is 0 Å². The number of azo groups is 1. The van der Waals surface area contributed by atoms with Gasteiger partial charge in [-0.15, -0.1) is 0 Å². The highest BCUT2D eigenvalue weighted by Gasteiger charge is 2.01. The Morgan fingerprint density at radius 2 is 1.46 bits per heavy atom. The van der Waals surface area contributed by atoms with Gasteiger partial charge in [0.05, 0.1) is 17.1 Å². The second-order valence-electron chi connectivity index (χ2n) is 5.45. The molecule has 0 bridgehead atoms. The minimum absolute atomic E-state index is 0.114. The Morgan fingerprint density at radius 1 is 0.958 bits per heavy atom. The summed E-state index contributed by atoms with van der Waals surface area (Å²) in [6, 6.07) is 15.0. The van der Waals surface area contributed by atoms with Gasteiger partial charge in [-0.3, -0.25) is 0 Å². The summed E-state index contributed by atoms with van der Waals surface area (Å²) in [4.78, 5) is 2.02. The van der Waals surface area contributed by atoms with Crippen LogP contribution in [-0.2, 0) is 10.0 Å². The summed E-state index contributed by atoms with van der Waals surface area (Å²) < 4.78 is 21.7. The molecule has 8 heteroatoms. The number of nitrogens with one attached hydrogen (secondary N) is 1. The monoisotopic (exact) mass is 347 g/mol. The van der Waals surface area contributed by atoms with Crippen molar-refractivity contribution >= 4 is 32.8 Å². The predicted octanol–water partition coefficient (Wildman–Crippen LogP) is 2.87. The molecular formula is C16H21N5O2S. The minimum atomic E-state index is -3.45. The smallest absolute Gasteiger partial charge is 0.210 e. The average Bonchev–Trinajstić information content (AvgIpc) is 2.53. The third-order valence-corrected chi connectivity index (χ3v) is 4.00. The topological polar surface area (TPSA) is 100 Å². The van der Waals surface area contributed by atoms with Crippen molar-refractivity contribution in [3.63, 3.8) is 0 Å². The van der Waals surface area contributed by atoms with Crippen LogP contribution in [0.1, 0.15) is 0 Å². The van der Waals surface area contributed by atoms with Gasteiger partial charge in [-0.2, -0.15) is 10.2 Å². The summed E-state index contributed by atoms with van der Waals surface area (Å²) in [5.74, 6) is -0.114. The first-order valence-corrected chi connectivity index (χ1v) is 9.08. The highest BCUT2D eigenvalue weighted by atomic mass is 32.2. The van der Waals surface area contributed by atoms with Crippen molar-refractivity contribution in [3.8, 4) is 0 Å². The number of benzene rings is 2. The molecule has 0 saturated carbocycles. The number of primary sulfonamides is 1. The highest BCUT2D eigenvalue weighted by molar-refractivity contribution is 7.89. The number of hydrogen-bond donors (Lipinski definition) is 2. The van der Waals surface area contributed by atoms with Gasteiger partial charge in [0.25, 0.3) is 0 Å². The molecule has 0 unspecified atom stereocenters.